The maximum atomic E-state index is 13.3. The Morgan fingerprint density at radius 2 is 1.77 bits per heavy atom. The molecule has 4 aromatic rings. The van der Waals surface area contributed by atoms with Gasteiger partial charge in [0.25, 0.3) is 5.91 Å². The van der Waals surface area contributed by atoms with Crippen LogP contribution in [-0.4, -0.2) is 22.7 Å². The number of hydrogen-bond donors (Lipinski definition) is 1. The summed E-state index contributed by atoms with van der Waals surface area (Å²) in [5, 5.41) is 3.81. The molecule has 1 aliphatic heterocycles. The zero-order chi connectivity index (χ0) is 20.7. The van der Waals surface area contributed by atoms with Gasteiger partial charge in [0.1, 0.15) is 0 Å². The van der Waals surface area contributed by atoms with Gasteiger partial charge in [0, 0.05) is 35.1 Å². The Bertz CT molecular complexity index is 1290. The number of carbonyl (C=O) groups excluding carboxylic acids is 1. The lowest BCUT2D eigenvalue weighted by Gasteiger charge is -2.13. The Morgan fingerprint density at radius 1 is 0.967 bits per heavy atom. The van der Waals surface area contributed by atoms with E-state index in [9.17, 15) is 4.79 Å². The molecule has 148 valence electrons. The molecule has 0 saturated heterocycles. The van der Waals surface area contributed by atoms with Crippen molar-refractivity contribution >= 4 is 22.5 Å². The van der Waals surface area contributed by atoms with Crippen LogP contribution in [0.1, 0.15) is 21.5 Å². The molecule has 2 aromatic carbocycles. The molecule has 5 rings (SSSR count). The monoisotopic (exact) mass is 397 g/mol. The number of nitrogens with zero attached hydrogens (tertiary/aromatic N) is 2. The number of pyridine rings is 2. The van der Waals surface area contributed by atoms with Crippen molar-refractivity contribution in [3.8, 4) is 22.8 Å². The number of hydrogen-bond acceptors (Lipinski definition) is 5. The lowest BCUT2D eigenvalue weighted by Crippen LogP contribution is -2.13. The highest BCUT2D eigenvalue weighted by Crippen LogP contribution is 2.35. The molecule has 2 aromatic heterocycles. The first-order valence-electron chi connectivity index (χ1n) is 9.62. The molecule has 0 saturated carbocycles. The second-order valence-electron chi connectivity index (χ2n) is 7.29. The molecule has 1 N–H and O–H groups in total. The van der Waals surface area contributed by atoms with Crippen LogP contribution in [0.4, 0.5) is 5.69 Å². The maximum Gasteiger partial charge on any atom is 0.256 e. The molecule has 0 spiro atoms. The second kappa shape index (κ2) is 7.15. The molecule has 0 unspecified atom stereocenters. The Balaban J connectivity index is 1.62. The first-order valence-corrected chi connectivity index (χ1v) is 9.62. The highest BCUT2D eigenvalue weighted by atomic mass is 16.7. The summed E-state index contributed by atoms with van der Waals surface area (Å²) in [6.45, 7) is 4.22. The molecule has 0 aliphatic carbocycles. The van der Waals surface area contributed by atoms with Crippen LogP contribution < -0.4 is 14.8 Å². The molecular formula is C24H19N3O3. The van der Waals surface area contributed by atoms with E-state index in [0.29, 0.717) is 22.7 Å². The molecular weight excluding hydrogens is 378 g/mol. The van der Waals surface area contributed by atoms with Crippen molar-refractivity contribution in [3.05, 3.63) is 77.6 Å². The molecule has 30 heavy (non-hydrogen) atoms. The van der Waals surface area contributed by atoms with Crippen LogP contribution in [0.3, 0.4) is 0 Å². The smallest absolute Gasteiger partial charge is 0.256 e. The van der Waals surface area contributed by atoms with E-state index in [1.165, 1.54) is 0 Å². The zero-order valence-electron chi connectivity index (χ0n) is 16.6. The van der Waals surface area contributed by atoms with E-state index < -0.39 is 0 Å². The second-order valence-corrected chi connectivity index (χ2v) is 7.29. The van der Waals surface area contributed by atoms with Crippen LogP contribution in [0.5, 0.6) is 11.5 Å². The number of benzene rings is 2. The van der Waals surface area contributed by atoms with Crippen molar-refractivity contribution in [1.29, 1.82) is 0 Å². The third kappa shape index (κ3) is 3.22. The topological polar surface area (TPSA) is 73.3 Å². The van der Waals surface area contributed by atoms with Gasteiger partial charge in [0.05, 0.1) is 16.8 Å². The van der Waals surface area contributed by atoms with Crippen molar-refractivity contribution < 1.29 is 14.3 Å². The third-order valence-corrected chi connectivity index (χ3v) is 5.10. The highest BCUT2D eigenvalue weighted by Gasteiger charge is 2.18. The fourth-order valence-electron chi connectivity index (χ4n) is 3.71. The van der Waals surface area contributed by atoms with E-state index in [4.69, 9.17) is 14.5 Å². The Labute approximate surface area is 173 Å². The predicted octanol–water partition coefficient (Wildman–Crippen LogP) is 4.89. The van der Waals surface area contributed by atoms with E-state index in [2.05, 4.69) is 16.4 Å². The number of rotatable bonds is 3. The lowest BCUT2D eigenvalue weighted by atomic mass is 9.99. The Hall–Kier alpha value is -3.93. The average molecular weight is 397 g/mol. The fraction of sp³-hybridized carbons (Fsp3) is 0.125. The van der Waals surface area contributed by atoms with Crippen molar-refractivity contribution in [2.75, 3.05) is 12.1 Å². The Kier molecular flexibility index (Phi) is 4.32. The van der Waals surface area contributed by atoms with Gasteiger partial charge in [0.15, 0.2) is 11.5 Å². The minimum atomic E-state index is -0.207. The predicted molar refractivity (Wildman–Crippen MR) is 115 cm³/mol. The van der Waals surface area contributed by atoms with E-state index in [1.54, 1.807) is 30.6 Å². The Morgan fingerprint density at radius 3 is 2.60 bits per heavy atom. The van der Waals surface area contributed by atoms with Crippen LogP contribution in [-0.2, 0) is 0 Å². The van der Waals surface area contributed by atoms with Crippen LogP contribution in [0, 0.1) is 13.8 Å². The molecule has 0 radical (unpaired) electrons. The number of fused-ring (bicyclic) bond motifs is 2. The van der Waals surface area contributed by atoms with Gasteiger partial charge in [-0.3, -0.25) is 9.78 Å². The number of aryl methyl sites for hydroxylation is 2. The minimum Gasteiger partial charge on any atom is -0.454 e. The van der Waals surface area contributed by atoms with E-state index in [-0.39, 0.29) is 12.7 Å². The van der Waals surface area contributed by atoms with Crippen molar-refractivity contribution in [3.63, 3.8) is 0 Å². The highest BCUT2D eigenvalue weighted by molar-refractivity contribution is 6.13. The normalized spacial score (nSPS) is 12.2. The summed E-state index contributed by atoms with van der Waals surface area (Å²) in [5.74, 6) is 1.09. The lowest BCUT2D eigenvalue weighted by molar-refractivity contribution is 0.102. The summed E-state index contributed by atoms with van der Waals surface area (Å²) < 4.78 is 10.8. The summed E-state index contributed by atoms with van der Waals surface area (Å²) in [7, 11) is 0. The summed E-state index contributed by atoms with van der Waals surface area (Å²) in [5.41, 5.74) is 5.76. The molecule has 6 nitrogen and oxygen atoms in total. The van der Waals surface area contributed by atoms with Gasteiger partial charge in [-0.05, 0) is 55.8 Å². The number of amides is 1. The molecule has 1 amide bonds. The van der Waals surface area contributed by atoms with Crippen LogP contribution in [0.15, 0.2) is 60.9 Å². The molecule has 3 heterocycles. The van der Waals surface area contributed by atoms with Crippen LogP contribution in [0.2, 0.25) is 0 Å². The maximum absolute atomic E-state index is 13.3. The summed E-state index contributed by atoms with van der Waals surface area (Å²) in [4.78, 5) is 22.2. The van der Waals surface area contributed by atoms with Gasteiger partial charge in [-0.2, -0.15) is 0 Å². The number of anilines is 1. The summed E-state index contributed by atoms with van der Waals surface area (Å²) in [6, 6.07) is 15.0. The van der Waals surface area contributed by atoms with Crippen LogP contribution in [0.25, 0.3) is 22.2 Å². The zero-order valence-corrected chi connectivity index (χ0v) is 16.6. The molecule has 6 heteroatoms. The first kappa shape index (κ1) is 18.1. The van der Waals surface area contributed by atoms with Gasteiger partial charge in [-0.25, -0.2) is 4.98 Å². The van der Waals surface area contributed by atoms with Crippen LogP contribution >= 0.6 is 0 Å². The van der Waals surface area contributed by atoms with Gasteiger partial charge in [-0.1, -0.05) is 11.6 Å². The van der Waals surface area contributed by atoms with E-state index >= 15 is 0 Å². The molecule has 1 aliphatic rings. The number of nitrogens with one attached hydrogen (secondary N) is 1. The third-order valence-electron chi connectivity index (χ3n) is 5.10. The number of ether oxygens (including phenoxy) is 2. The molecule has 0 fully saturated rings. The van der Waals surface area contributed by atoms with Crippen molar-refractivity contribution in [2.24, 2.45) is 0 Å². The van der Waals surface area contributed by atoms with Crippen molar-refractivity contribution in [2.45, 2.75) is 13.8 Å². The number of aromatic nitrogens is 2. The van der Waals surface area contributed by atoms with Gasteiger partial charge in [0.2, 0.25) is 6.79 Å². The molecule has 0 bridgehead atoms. The SMILES string of the molecule is Cc1cc(C)c2nc(-c3ccncc3)cc(C(=O)Nc3ccc4c(c3)OCO4)c2c1. The summed E-state index contributed by atoms with van der Waals surface area (Å²) >= 11 is 0. The minimum absolute atomic E-state index is 0.190. The summed E-state index contributed by atoms with van der Waals surface area (Å²) in [6.07, 6.45) is 3.44. The average Bonchev–Trinajstić information content (AvgIpc) is 3.21. The van der Waals surface area contributed by atoms with E-state index in [0.717, 1.165) is 33.3 Å². The van der Waals surface area contributed by atoms with Gasteiger partial charge >= 0.3 is 0 Å². The standard InChI is InChI=1S/C24H19N3O3/c1-14-9-15(2)23-18(10-14)19(12-20(27-23)16-5-7-25-8-6-16)24(28)26-17-3-4-21-22(11-17)30-13-29-21/h3-12H,13H2,1-2H3,(H,26,28). The van der Waals surface area contributed by atoms with Gasteiger partial charge < -0.3 is 14.8 Å². The largest absolute Gasteiger partial charge is 0.454 e. The van der Waals surface area contributed by atoms with Gasteiger partial charge in [-0.15, -0.1) is 0 Å². The van der Waals surface area contributed by atoms with E-state index in [1.807, 2.05) is 38.1 Å². The quantitative estimate of drug-likeness (QED) is 0.533. The van der Waals surface area contributed by atoms with Crippen molar-refractivity contribution in [1.82, 2.24) is 9.97 Å². The first-order chi connectivity index (χ1) is 14.6. The fourth-order valence-corrected chi connectivity index (χ4v) is 3.71. The number of carbonyl (C=O) groups is 1. The molecule has 0 atom stereocenters.